The standard InChI is InChI=1S/C3H4OS2/c4-1-3(6)2-5/h1-2,5-6H. The molecule has 0 bridgehead atoms. The van der Waals surface area contributed by atoms with Crippen LogP contribution >= 0.6 is 25.3 Å². The first-order valence-corrected chi connectivity index (χ1v) is 2.26. The van der Waals surface area contributed by atoms with Crippen LogP contribution in [0.25, 0.3) is 0 Å². The molecule has 0 aliphatic heterocycles. The molecule has 0 saturated heterocycles. The molecule has 0 heterocycles. The van der Waals surface area contributed by atoms with E-state index in [0.717, 1.165) is 0 Å². The van der Waals surface area contributed by atoms with E-state index in [2.05, 4.69) is 25.3 Å². The summed E-state index contributed by atoms with van der Waals surface area (Å²) in [6, 6.07) is 0. The molecular weight excluding hydrogens is 116 g/mol. The minimum absolute atomic E-state index is 0.346. The second-order valence-corrected chi connectivity index (χ2v) is 1.45. The smallest absolute Gasteiger partial charge is 0.156 e. The van der Waals surface area contributed by atoms with Gasteiger partial charge in [0.15, 0.2) is 6.29 Å². The minimum atomic E-state index is 0.346. The molecule has 0 amide bonds. The van der Waals surface area contributed by atoms with E-state index < -0.39 is 0 Å². The van der Waals surface area contributed by atoms with Crippen LogP contribution in [0, 0.1) is 0 Å². The first-order chi connectivity index (χ1) is 2.81. The maximum Gasteiger partial charge on any atom is 0.156 e. The second-order valence-electron chi connectivity index (χ2n) is 0.672. The van der Waals surface area contributed by atoms with Gasteiger partial charge in [-0.2, -0.15) is 12.6 Å². The summed E-state index contributed by atoms with van der Waals surface area (Å²) in [4.78, 5) is 9.89. The van der Waals surface area contributed by atoms with Crippen LogP contribution in [-0.2, 0) is 4.79 Å². The number of allylic oxidation sites excluding steroid dienone is 1. The third-order valence-electron chi connectivity index (χ3n) is 0.253. The van der Waals surface area contributed by atoms with Gasteiger partial charge in [0.05, 0.1) is 4.91 Å². The SMILES string of the molecule is O=CC(S)=CS. The molecule has 3 heteroatoms. The fourth-order valence-corrected chi connectivity index (χ4v) is 0.0913. The molecule has 34 valence electrons. The summed E-state index contributed by atoms with van der Waals surface area (Å²) >= 11 is 7.27. The van der Waals surface area contributed by atoms with Crippen molar-refractivity contribution in [1.29, 1.82) is 0 Å². The van der Waals surface area contributed by atoms with Gasteiger partial charge in [0.25, 0.3) is 0 Å². The molecule has 0 spiro atoms. The third kappa shape index (κ3) is 2.35. The molecule has 1 nitrogen and oxygen atoms in total. The molecule has 0 fully saturated rings. The highest BCUT2D eigenvalue weighted by Gasteiger charge is 1.74. The van der Waals surface area contributed by atoms with E-state index in [0.29, 0.717) is 11.2 Å². The lowest BCUT2D eigenvalue weighted by molar-refractivity contribution is -0.104. The van der Waals surface area contributed by atoms with Crippen LogP contribution in [-0.4, -0.2) is 6.29 Å². The van der Waals surface area contributed by atoms with Gasteiger partial charge in [-0.05, 0) is 5.41 Å². The lowest BCUT2D eigenvalue weighted by atomic mass is 10.7. The largest absolute Gasteiger partial charge is 0.297 e. The van der Waals surface area contributed by atoms with Crippen LogP contribution in [0.1, 0.15) is 0 Å². The van der Waals surface area contributed by atoms with E-state index in [4.69, 9.17) is 0 Å². The van der Waals surface area contributed by atoms with Gasteiger partial charge >= 0.3 is 0 Å². The molecule has 0 saturated carbocycles. The van der Waals surface area contributed by atoms with Crippen molar-refractivity contribution in [3.05, 3.63) is 10.3 Å². The number of carbonyl (C=O) groups is 1. The van der Waals surface area contributed by atoms with Gasteiger partial charge in [0.1, 0.15) is 0 Å². The average molecular weight is 120 g/mol. The monoisotopic (exact) mass is 120 g/mol. The Balaban J connectivity index is 3.50. The van der Waals surface area contributed by atoms with Crippen LogP contribution < -0.4 is 0 Å². The van der Waals surface area contributed by atoms with E-state index in [1.54, 1.807) is 0 Å². The van der Waals surface area contributed by atoms with Crippen molar-refractivity contribution in [2.75, 3.05) is 0 Å². The molecule has 0 atom stereocenters. The molecule has 0 N–H and O–H groups in total. The Labute approximate surface area is 47.3 Å². The van der Waals surface area contributed by atoms with Crippen LogP contribution in [0.4, 0.5) is 0 Å². The zero-order valence-corrected chi connectivity index (χ0v) is 4.75. The molecule has 0 aromatic carbocycles. The van der Waals surface area contributed by atoms with Crippen molar-refractivity contribution in [2.45, 2.75) is 0 Å². The first-order valence-electron chi connectivity index (χ1n) is 1.29. The number of carbonyl (C=O) groups excluding carboxylic acids is 1. The highest BCUT2D eigenvalue weighted by molar-refractivity contribution is 7.88. The quantitative estimate of drug-likeness (QED) is 0.298. The van der Waals surface area contributed by atoms with Crippen molar-refractivity contribution in [3.63, 3.8) is 0 Å². The molecule has 0 aromatic heterocycles. The fourth-order valence-electron chi connectivity index (χ4n) is 0.0304. The Kier molecular flexibility index (Phi) is 3.37. The number of thiol groups is 2. The van der Waals surface area contributed by atoms with Gasteiger partial charge in [-0.1, -0.05) is 0 Å². The number of hydrogen-bond acceptors (Lipinski definition) is 3. The lowest BCUT2D eigenvalue weighted by Crippen LogP contribution is -1.63. The van der Waals surface area contributed by atoms with E-state index in [-0.39, 0.29) is 0 Å². The highest BCUT2D eigenvalue weighted by Crippen LogP contribution is 1.94. The summed E-state index contributed by atoms with van der Waals surface area (Å²) in [6.07, 6.45) is 0.621. The van der Waals surface area contributed by atoms with Crippen molar-refractivity contribution in [3.8, 4) is 0 Å². The van der Waals surface area contributed by atoms with Gasteiger partial charge in [0.2, 0.25) is 0 Å². The van der Waals surface area contributed by atoms with Crippen molar-refractivity contribution in [2.24, 2.45) is 0 Å². The third-order valence-corrected chi connectivity index (χ3v) is 0.969. The van der Waals surface area contributed by atoms with E-state index in [9.17, 15) is 4.79 Å². The maximum atomic E-state index is 9.54. The summed E-state index contributed by atoms with van der Waals surface area (Å²) < 4.78 is 0. The van der Waals surface area contributed by atoms with Crippen LogP contribution in [0.15, 0.2) is 10.3 Å². The van der Waals surface area contributed by atoms with Gasteiger partial charge < -0.3 is 0 Å². The Hall–Kier alpha value is 0.110. The predicted molar refractivity (Wildman–Crippen MR) is 32.1 cm³/mol. The molecular formula is C3H4OS2. The minimum Gasteiger partial charge on any atom is -0.297 e. The van der Waals surface area contributed by atoms with Gasteiger partial charge in [-0.25, -0.2) is 0 Å². The van der Waals surface area contributed by atoms with Crippen LogP contribution in [0.2, 0.25) is 0 Å². The summed E-state index contributed by atoms with van der Waals surface area (Å²) in [5.74, 6) is 0. The van der Waals surface area contributed by atoms with Crippen LogP contribution in [0.5, 0.6) is 0 Å². The van der Waals surface area contributed by atoms with Gasteiger partial charge in [-0.15, -0.1) is 12.6 Å². The normalized spacial score (nSPS) is 11.3. The molecule has 0 aliphatic carbocycles. The Morgan fingerprint density at radius 2 is 2.17 bits per heavy atom. The Morgan fingerprint density at radius 1 is 1.67 bits per heavy atom. The predicted octanol–water partition coefficient (Wildman–Crippen LogP) is 0.886. The Bertz CT molecular complexity index is 76.9. The highest BCUT2D eigenvalue weighted by atomic mass is 32.1. The summed E-state index contributed by atoms with van der Waals surface area (Å²) in [5, 5.41) is 1.33. The molecule has 0 aromatic rings. The van der Waals surface area contributed by atoms with Gasteiger partial charge in [-0.3, -0.25) is 4.79 Å². The fraction of sp³-hybridized carbons (Fsp3) is 0. The summed E-state index contributed by atoms with van der Waals surface area (Å²) in [6.45, 7) is 0. The van der Waals surface area contributed by atoms with Crippen molar-refractivity contribution >= 4 is 31.5 Å². The molecule has 0 aliphatic rings. The van der Waals surface area contributed by atoms with Crippen LogP contribution in [0.3, 0.4) is 0 Å². The second kappa shape index (κ2) is 3.31. The first kappa shape index (κ1) is 6.11. The summed E-state index contributed by atoms with van der Waals surface area (Å²) in [7, 11) is 0. The Morgan fingerprint density at radius 3 is 2.17 bits per heavy atom. The van der Waals surface area contributed by atoms with Crippen molar-refractivity contribution in [1.82, 2.24) is 0 Å². The number of rotatable bonds is 1. The lowest BCUT2D eigenvalue weighted by Gasteiger charge is -1.71. The van der Waals surface area contributed by atoms with E-state index in [1.165, 1.54) is 5.41 Å². The number of hydrogen-bond donors (Lipinski definition) is 2. The molecule has 6 heavy (non-hydrogen) atoms. The topological polar surface area (TPSA) is 17.1 Å². The maximum absolute atomic E-state index is 9.54. The van der Waals surface area contributed by atoms with E-state index >= 15 is 0 Å². The molecule has 0 rings (SSSR count). The average Bonchev–Trinajstić information content (AvgIpc) is 1.65. The van der Waals surface area contributed by atoms with Gasteiger partial charge in [0, 0.05) is 0 Å². The van der Waals surface area contributed by atoms with Crippen molar-refractivity contribution < 1.29 is 4.79 Å². The van der Waals surface area contributed by atoms with E-state index in [1.807, 2.05) is 0 Å². The molecule has 0 unspecified atom stereocenters. The summed E-state index contributed by atoms with van der Waals surface area (Å²) in [5.41, 5.74) is 0. The molecule has 0 radical (unpaired) electrons. The number of aldehydes is 1. The zero-order chi connectivity index (χ0) is 4.99. The zero-order valence-electron chi connectivity index (χ0n) is 2.96.